The maximum atomic E-state index is 11.7. The predicted octanol–water partition coefficient (Wildman–Crippen LogP) is 1.71. The molecule has 0 radical (unpaired) electrons. The average Bonchev–Trinajstić information content (AvgIpc) is 2.26. The normalized spacial score (nSPS) is 10.3. The van der Waals surface area contributed by atoms with Gasteiger partial charge in [0, 0.05) is 12.2 Å². The van der Waals surface area contributed by atoms with Gasteiger partial charge in [0.05, 0.1) is 0 Å². The van der Waals surface area contributed by atoms with Gasteiger partial charge in [0.1, 0.15) is 5.75 Å². The second-order valence-electron chi connectivity index (χ2n) is 3.36. The Morgan fingerprint density at radius 1 is 1.53 bits per heavy atom. The number of pyridine rings is 1. The molecular weight excluding hydrogens is 192 g/mol. The van der Waals surface area contributed by atoms with Crippen LogP contribution in [0.3, 0.4) is 0 Å². The Hall–Kier alpha value is -1.58. The molecule has 1 heterocycles. The lowest BCUT2D eigenvalue weighted by Crippen LogP contribution is -2.34. The summed E-state index contributed by atoms with van der Waals surface area (Å²) in [6.45, 7) is 4.01. The Morgan fingerprint density at radius 2 is 2.20 bits per heavy atom. The van der Waals surface area contributed by atoms with Crippen molar-refractivity contribution in [3.8, 4) is 5.75 Å². The molecule has 0 fully saturated rings. The molecule has 0 saturated heterocycles. The zero-order chi connectivity index (χ0) is 11.3. The Kier molecular flexibility index (Phi) is 4.09. The maximum absolute atomic E-state index is 11.7. The van der Waals surface area contributed by atoms with Crippen LogP contribution >= 0.6 is 0 Å². The number of aromatic nitrogens is 1. The monoisotopic (exact) mass is 208 g/mol. The average molecular weight is 208 g/mol. The van der Waals surface area contributed by atoms with Crippen molar-refractivity contribution in [1.82, 2.24) is 10.3 Å². The molecule has 4 heteroatoms. The Morgan fingerprint density at radius 3 is 2.73 bits per heavy atom. The van der Waals surface area contributed by atoms with Crippen molar-refractivity contribution in [3.05, 3.63) is 24.0 Å². The van der Waals surface area contributed by atoms with Crippen molar-refractivity contribution in [3.63, 3.8) is 0 Å². The highest BCUT2D eigenvalue weighted by molar-refractivity contribution is 5.94. The molecule has 1 aromatic rings. The highest BCUT2D eigenvalue weighted by Crippen LogP contribution is 2.12. The number of carbonyl (C=O) groups excluding carboxylic acids is 1. The Balaban J connectivity index is 2.73. The number of nitrogens with zero attached hydrogens (tertiary/aromatic N) is 1. The zero-order valence-electron chi connectivity index (χ0n) is 9.03. The first kappa shape index (κ1) is 11.5. The van der Waals surface area contributed by atoms with Crippen molar-refractivity contribution < 1.29 is 9.90 Å². The molecule has 0 aliphatic heterocycles. The van der Waals surface area contributed by atoms with Gasteiger partial charge in [-0.05, 0) is 25.0 Å². The quantitative estimate of drug-likeness (QED) is 0.791. The molecule has 1 amide bonds. The summed E-state index contributed by atoms with van der Waals surface area (Å²) < 4.78 is 0. The van der Waals surface area contributed by atoms with Crippen molar-refractivity contribution in [2.24, 2.45) is 0 Å². The molecule has 4 nitrogen and oxygen atoms in total. The molecule has 82 valence electrons. The second kappa shape index (κ2) is 5.34. The Labute approximate surface area is 89.3 Å². The minimum absolute atomic E-state index is 0.0824. The van der Waals surface area contributed by atoms with Crippen LogP contribution in [0.2, 0.25) is 0 Å². The van der Waals surface area contributed by atoms with E-state index < -0.39 is 0 Å². The summed E-state index contributed by atoms with van der Waals surface area (Å²) in [6.07, 6.45) is 3.23. The van der Waals surface area contributed by atoms with Gasteiger partial charge < -0.3 is 10.4 Å². The lowest BCUT2D eigenvalue weighted by Gasteiger charge is -2.14. The summed E-state index contributed by atoms with van der Waals surface area (Å²) in [5.74, 6) is -0.400. The highest BCUT2D eigenvalue weighted by atomic mass is 16.3. The molecule has 1 rings (SSSR count). The molecule has 0 bridgehead atoms. The van der Waals surface area contributed by atoms with Gasteiger partial charge >= 0.3 is 0 Å². The fourth-order valence-corrected chi connectivity index (χ4v) is 1.32. The summed E-state index contributed by atoms with van der Waals surface area (Å²) in [5, 5.41) is 12.2. The summed E-state index contributed by atoms with van der Waals surface area (Å²) in [4.78, 5) is 15.5. The van der Waals surface area contributed by atoms with Gasteiger partial charge in [-0.1, -0.05) is 13.8 Å². The smallest absolute Gasteiger partial charge is 0.273 e. The van der Waals surface area contributed by atoms with Crippen molar-refractivity contribution in [2.75, 3.05) is 0 Å². The summed E-state index contributed by atoms with van der Waals surface area (Å²) in [5.41, 5.74) is 0.0874. The fraction of sp³-hybridized carbons (Fsp3) is 0.455. The molecule has 0 saturated carbocycles. The van der Waals surface area contributed by atoms with Gasteiger partial charge in [-0.15, -0.1) is 0 Å². The van der Waals surface area contributed by atoms with E-state index in [4.69, 9.17) is 0 Å². The van der Waals surface area contributed by atoms with Gasteiger partial charge in [0.25, 0.3) is 5.91 Å². The molecule has 0 spiro atoms. The molecule has 0 aromatic carbocycles. The third kappa shape index (κ3) is 2.94. The van der Waals surface area contributed by atoms with Gasteiger partial charge in [0.15, 0.2) is 5.69 Å². The van der Waals surface area contributed by atoms with Gasteiger partial charge in [0.2, 0.25) is 0 Å². The summed E-state index contributed by atoms with van der Waals surface area (Å²) >= 11 is 0. The number of hydrogen-bond donors (Lipinski definition) is 2. The molecule has 1 aromatic heterocycles. The van der Waals surface area contributed by atoms with Crippen LogP contribution in [0.25, 0.3) is 0 Å². The number of carbonyl (C=O) groups is 1. The number of nitrogens with one attached hydrogen (secondary N) is 1. The maximum Gasteiger partial charge on any atom is 0.273 e. The third-order valence-electron chi connectivity index (χ3n) is 2.32. The number of amides is 1. The van der Waals surface area contributed by atoms with Crippen molar-refractivity contribution >= 4 is 5.91 Å². The Bertz CT molecular complexity index is 335. The van der Waals surface area contributed by atoms with E-state index >= 15 is 0 Å². The molecule has 0 unspecified atom stereocenters. The topological polar surface area (TPSA) is 62.2 Å². The standard InChI is InChI=1S/C11H16N2O2/c1-3-8(4-2)13-11(15)10-9(14)6-5-7-12-10/h5-8,14H,3-4H2,1-2H3,(H,13,15). The van der Waals surface area contributed by atoms with Gasteiger partial charge in [-0.3, -0.25) is 4.79 Å². The van der Waals surface area contributed by atoms with E-state index in [0.29, 0.717) is 0 Å². The predicted molar refractivity (Wildman–Crippen MR) is 57.7 cm³/mol. The molecular formula is C11H16N2O2. The minimum atomic E-state index is -0.318. The lowest BCUT2D eigenvalue weighted by molar-refractivity contribution is 0.0927. The zero-order valence-corrected chi connectivity index (χ0v) is 9.03. The van der Waals surface area contributed by atoms with E-state index in [2.05, 4.69) is 10.3 Å². The van der Waals surface area contributed by atoms with E-state index in [9.17, 15) is 9.90 Å². The van der Waals surface area contributed by atoms with Crippen LogP contribution in [0.4, 0.5) is 0 Å². The van der Waals surface area contributed by atoms with Crippen LogP contribution < -0.4 is 5.32 Å². The minimum Gasteiger partial charge on any atom is -0.505 e. The third-order valence-corrected chi connectivity index (χ3v) is 2.32. The molecule has 15 heavy (non-hydrogen) atoms. The second-order valence-corrected chi connectivity index (χ2v) is 3.36. The van der Waals surface area contributed by atoms with Crippen LogP contribution in [-0.4, -0.2) is 22.0 Å². The first-order valence-corrected chi connectivity index (χ1v) is 5.13. The van der Waals surface area contributed by atoms with E-state index in [1.165, 1.54) is 12.3 Å². The van der Waals surface area contributed by atoms with Crippen LogP contribution in [0.1, 0.15) is 37.2 Å². The van der Waals surface area contributed by atoms with Crippen LogP contribution in [-0.2, 0) is 0 Å². The van der Waals surface area contributed by atoms with E-state index in [1.807, 2.05) is 13.8 Å². The van der Waals surface area contributed by atoms with Crippen LogP contribution in [0.15, 0.2) is 18.3 Å². The van der Waals surface area contributed by atoms with Gasteiger partial charge in [-0.25, -0.2) is 4.98 Å². The van der Waals surface area contributed by atoms with E-state index in [0.717, 1.165) is 12.8 Å². The number of aromatic hydroxyl groups is 1. The van der Waals surface area contributed by atoms with Crippen molar-refractivity contribution in [2.45, 2.75) is 32.7 Å². The molecule has 0 aliphatic rings. The number of rotatable bonds is 4. The van der Waals surface area contributed by atoms with Crippen molar-refractivity contribution in [1.29, 1.82) is 0 Å². The first-order chi connectivity index (χ1) is 7.19. The number of hydrogen-bond acceptors (Lipinski definition) is 3. The van der Waals surface area contributed by atoms with E-state index in [1.54, 1.807) is 6.07 Å². The first-order valence-electron chi connectivity index (χ1n) is 5.13. The van der Waals surface area contributed by atoms with Crippen LogP contribution in [0, 0.1) is 0 Å². The van der Waals surface area contributed by atoms with Crippen LogP contribution in [0.5, 0.6) is 5.75 Å². The summed E-state index contributed by atoms with van der Waals surface area (Å²) in [6, 6.07) is 3.18. The molecule has 0 atom stereocenters. The molecule has 0 aliphatic carbocycles. The largest absolute Gasteiger partial charge is 0.505 e. The fourth-order valence-electron chi connectivity index (χ4n) is 1.32. The van der Waals surface area contributed by atoms with E-state index in [-0.39, 0.29) is 23.4 Å². The highest BCUT2D eigenvalue weighted by Gasteiger charge is 2.14. The SMILES string of the molecule is CCC(CC)NC(=O)c1ncccc1O. The summed E-state index contributed by atoms with van der Waals surface area (Å²) in [7, 11) is 0. The van der Waals surface area contributed by atoms with Gasteiger partial charge in [-0.2, -0.15) is 0 Å². The lowest BCUT2D eigenvalue weighted by atomic mass is 10.1. The molecule has 2 N–H and O–H groups in total.